The maximum atomic E-state index is 11.7. The van der Waals surface area contributed by atoms with Crippen molar-refractivity contribution in [3.63, 3.8) is 0 Å². The summed E-state index contributed by atoms with van der Waals surface area (Å²) in [6.07, 6.45) is 0. The first-order valence-corrected chi connectivity index (χ1v) is 5.66. The van der Waals surface area contributed by atoms with E-state index in [0.29, 0.717) is 18.0 Å². The van der Waals surface area contributed by atoms with E-state index in [-0.39, 0.29) is 5.91 Å². The van der Waals surface area contributed by atoms with Gasteiger partial charge in [0, 0.05) is 22.5 Å². The Balaban J connectivity index is 1.89. The highest BCUT2D eigenvalue weighted by molar-refractivity contribution is 9.10. The number of carbonyl (C=O) groups is 1. The van der Waals surface area contributed by atoms with Gasteiger partial charge in [0.1, 0.15) is 0 Å². The van der Waals surface area contributed by atoms with Gasteiger partial charge in [-0.25, -0.2) is 0 Å². The van der Waals surface area contributed by atoms with Crippen LogP contribution in [-0.2, 0) is 4.74 Å². The molecular formula is C11H12BrNO2. The highest BCUT2D eigenvalue weighted by atomic mass is 79.9. The largest absolute Gasteiger partial charge is 0.381 e. The van der Waals surface area contributed by atoms with Crippen LogP contribution in [0.2, 0.25) is 0 Å². The first-order valence-electron chi connectivity index (χ1n) is 4.87. The molecule has 1 N–H and O–H groups in total. The lowest BCUT2D eigenvalue weighted by atomic mass is 10.1. The number of carbonyl (C=O) groups excluding carboxylic acids is 1. The topological polar surface area (TPSA) is 38.3 Å². The average Bonchev–Trinajstić information content (AvgIpc) is 2.15. The van der Waals surface area contributed by atoms with Crippen LogP contribution in [-0.4, -0.2) is 25.7 Å². The van der Waals surface area contributed by atoms with Gasteiger partial charge in [-0.1, -0.05) is 22.0 Å². The number of amides is 1. The highest BCUT2D eigenvalue weighted by Crippen LogP contribution is 2.12. The Kier molecular flexibility index (Phi) is 3.38. The molecule has 1 aliphatic heterocycles. The van der Waals surface area contributed by atoms with E-state index >= 15 is 0 Å². The van der Waals surface area contributed by atoms with Crippen molar-refractivity contribution < 1.29 is 9.53 Å². The molecule has 0 radical (unpaired) electrons. The smallest absolute Gasteiger partial charge is 0.251 e. The van der Waals surface area contributed by atoms with E-state index in [4.69, 9.17) is 4.74 Å². The van der Waals surface area contributed by atoms with Crippen LogP contribution >= 0.6 is 15.9 Å². The highest BCUT2D eigenvalue weighted by Gasteiger charge is 2.19. The van der Waals surface area contributed by atoms with E-state index in [1.54, 1.807) is 6.07 Å². The molecule has 1 saturated heterocycles. The summed E-state index contributed by atoms with van der Waals surface area (Å²) in [4.78, 5) is 11.7. The van der Waals surface area contributed by atoms with Gasteiger partial charge >= 0.3 is 0 Å². The minimum Gasteiger partial charge on any atom is -0.381 e. The molecule has 15 heavy (non-hydrogen) atoms. The predicted octanol–water partition coefficient (Wildman–Crippen LogP) is 1.83. The fraction of sp³-hybridized carbons (Fsp3) is 0.364. The second-order valence-electron chi connectivity index (χ2n) is 3.62. The molecule has 80 valence electrons. The van der Waals surface area contributed by atoms with E-state index in [2.05, 4.69) is 21.2 Å². The third-order valence-corrected chi connectivity index (χ3v) is 2.84. The van der Waals surface area contributed by atoms with Gasteiger partial charge in [0.05, 0.1) is 13.2 Å². The molecule has 3 nitrogen and oxygen atoms in total. The van der Waals surface area contributed by atoms with Crippen molar-refractivity contribution in [2.45, 2.75) is 0 Å². The molecule has 1 fully saturated rings. The quantitative estimate of drug-likeness (QED) is 0.909. The van der Waals surface area contributed by atoms with E-state index in [0.717, 1.165) is 17.7 Å². The molecule has 0 saturated carbocycles. The number of halogens is 1. The average molecular weight is 270 g/mol. The minimum atomic E-state index is -0.0248. The number of benzene rings is 1. The van der Waals surface area contributed by atoms with Crippen LogP contribution < -0.4 is 5.32 Å². The van der Waals surface area contributed by atoms with Crippen molar-refractivity contribution in [1.29, 1.82) is 0 Å². The summed E-state index contributed by atoms with van der Waals surface area (Å²) in [7, 11) is 0. The van der Waals surface area contributed by atoms with Crippen LogP contribution in [0.1, 0.15) is 10.4 Å². The molecule has 0 aliphatic carbocycles. The monoisotopic (exact) mass is 269 g/mol. The first kappa shape index (κ1) is 10.6. The molecule has 1 aliphatic rings. The molecule has 0 aromatic heterocycles. The molecule has 1 amide bonds. The van der Waals surface area contributed by atoms with Gasteiger partial charge in [0.2, 0.25) is 0 Å². The molecule has 0 bridgehead atoms. The van der Waals surface area contributed by atoms with Crippen LogP contribution in [0.5, 0.6) is 0 Å². The Hall–Kier alpha value is -0.870. The van der Waals surface area contributed by atoms with Gasteiger partial charge in [0.25, 0.3) is 5.91 Å². The number of rotatable bonds is 3. The zero-order valence-electron chi connectivity index (χ0n) is 8.20. The van der Waals surface area contributed by atoms with Crippen molar-refractivity contribution in [3.8, 4) is 0 Å². The third-order valence-electron chi connectivity index (χ3n) is 2.35. The summed E-state index contributed by atoms with van der Waals surface area (Å²) < 4.78 is 5.95. The molecule has 1 heterocycles. The Morgan fingerprint density at radius 1 is 1.53 bits per heavy atom. The van der Waals surface area contributed by atoms with Gasteiger partial charge in [-0.05, 0) is 18.2 Å². The van der Waals surface area contributed by atoms with E-state index in [1.165, 1.54) is 0 Å². The summed E-state index contributed by atoms with van der Waals surface area (Å²) >= 11 is 3.34. The van der Waals surface area contributed by atoms with Crippen LogP contribution in [0.4, 0.5) is 0 Å². The van der Waals surface area contributed by atoms with E-state index < -0.39 is 0 Å². The maximum Gasteiger partial charge on any atom is 0.251 e. The Bertz CT molecular complexity index is 363. The van der Waals surface area contributed by atoms with Crippen LogP contribution in [0.25, 0.3) is 0 Å². The number of ether oxygens (including phenoxy) is 1. The lowest BCUT2D eigenvalue weighted by molar-refractivity contribution is -0.0298. The first-order chi connectivity index (χ1) is 7.25. The zero-order valence-corrected chi connectivity index (χ0v) is 9.79. The van der Waals surface area contributed by atoms with Crippen molar-refractivity contribution in [2.24, 2.45) is 5.92 Å². The second kappa shape index (κ2) is 4.77. The normalized spacial score (nSPS) is 15.8. The Labute approximate surface area is 96.9 Å². The van der Waals surface area contributed by atoms with Crippen molar-refractivity contribution in [3.05, 3.63) is 34.3 Å². The third kappa shape index (κ3) is 2.79. The standard InChI is InChI=1S/C11H12BrNO2/c12-10-3-1-2-9(4-10)11(14)13-5-8-6-15-7-8/h1-4,8H,5-7H2,(H,13,14). The van der Waals surface area contributed by atoms with E-state index in [9.17, 15) is 4.79 Å². The van der Waals surface area contributed by atoms with E-state index in [1.807, 2.05) is 18.2 Å². The van der Waals surface area contributed by atoms with Gasteiger partial charge < -0.3 is 10.1 Å². The summed E-state index contributed by atoms with van der Waals surface area (Å²) in [5, 5.41) is 2.89. The molecule has 1 aromatic carbocycles. The SMILES string of the molecule is O=C(NCC1COC1)c1cccc(Br)c1. The fourth-order valence-corrected chi connectivity index (χ4v) is 1.77. The lowest BCUT2D eigenvalue weighted by Gasteiger charge is -2.25. The van der Waals surface area contributed by atoms with Crippen LogP contribution in [0, 0.1) is 5.92 Å². The van der Waals surface area contributed by atoms with Gasteiger partial charge in [-0.3, -0.25) is 4.79 Å². The number of hydrogen-bond donors (Lipinski definition) is 1. The molecule has 1 aromatic rings. The molecule has 0 unspecified atom stereocenters. The summed E-state index contributed by atoms with van der Waals surface area (Å²) in [5.41, 5.74) is 0.685. The lowest BCUT2D eigenvalue weighted by Crippen LogP contribution is -2.39. The molecule has 2 rings (SSSR count). The Morgan fingerprint density at radius 2 is 2.33 bits per heavy atom. The second-order valence-corrected chi connectivity index (χ2v) is 4.54. The van der Waals surface area contributed by atoms with Crippen LogP contribution in [0.15, 0.2) is 28.7 Å². The molecule has 0 spiro atoms. The maximum absolute atomic E-state index is 11.7. The zero-order chi connectivity index (χ0) is 10.7. The van der Waals surface area contributed by atoms with Crippen molar-refractivity contribution in [1.82, 2.24) is 5.32 Å². The summed E-state index contributed by atoms with van der Waals surface area (Å²) in [6, 6.07) is 7.37. The van der Waals surface area contributed by atoms with Crippen molar-refractivity contribution >= 4 is 21.8 Å². The fourth-order valence-electron chi connectivity index (χ4n) is 1.37. The number of nitrogens with one attached hydrogen (secondary N) is 1. The van der Waals surface area contributed by atoms with Crippen LogP contribution in [0.3, 0.4) is 0 Å². The van der Waals surface area contributed by atoms with Gasteiger partial charge in [-0.2, -0.15) is 0 Å². The van der Waals surface area contributed by atoms with Gasteiger partial charge in [-0.15, -0.1) is 0 Å². The Morgan fingerprint density at radius 3 is 2.93 bits per heavy atom. The summed E-state index contributed by atoms with van der Waals surface area (Å²) in [6.45, 7) is 2.23. The van der Waals surface area contributed by atoms with Crippen molar-refractivity contribution in [2.75, 3.05) is 19.8 Å². The summed E-state index contributed by atoms with van der Waals surface area (Å²) in [5.74, 6) is 0.462. The minimum absolute atomic E-state index is 0.0248. The molecular weight excluding hydrogens is 258 g/mol. The van der Waals surface area contributed by atoms with Gasteiger partial charge in [0.15, 0.2) is 0 Å². The molecule has 0 atom stereocenters. The number of hydrogen-bond acceptors (Lipinski definition) is 2. The predicted molar refractivity (Wildman–Crippen MR) is 60.8 cm³/mol. The molecule has 4 heteroatoms.